The Balaban J connectivity index is 2.45. The molecule has 0 saturated heterocycles. The minimum Gasteiger partial charge on any atom is -0.342 e. The Hall–Kier alpha value is -2.15. The Morgan fingerprint density at radius 3 is 2.71 bits per heavy atom. The van der Waals surface area contributed by atoms with E-state index >= 15 is 0 Å². The highest BCUT2D eigenvalue weighted by Gasteiger charge is 2.08. The van der Waals surface area contributed by atoms with Crippen LogP contribution in [0.1, 0.15) is 31.2 Å². The lowest BCUT2D eigenvalue weighted by Crippen LogP contribution is -1.90. The first kappa shape index (κ1) is 11.3. The summed E-state index contributed by atoms with van der Waals surface area (Å²) in [6, 6.07) is 6.17. The number of nitrogens with one attached hydrogen (secondary N) is 1. The third-order valence-corrected chi connectivity index (χ3v) is 2.48. The summed E-state index contributed by atoms with van der Waals surface area (Å²) in [6.45, 7) is 4.05. The van der Waals surface area contributed by atoms with Crippen molar-refractivity contribution < 1.29 is 4.39 Å². The normalized spacial score (nSPS) is 10.5. The number of halogens is 1. The van der Waals surface area contributed by atoms with Gasteiger partial charge in [0, 0.05) is 11.5 Å². The lowest BCUT2D eigenvalue weighted by Gasteiger charge is -2.00. The fourth-order valence-electron chi connectivity index (χ4n) is 1.59. The second kappa shape index (κ2) is 4.38. The molecule has 0 aliphatic rings. The second-order valence-corrected chi connectivity index (χ2v) is 4.18. The van der Waals surface area contributed by atoms with Crippen molar-refractivity contribution in [2.24, 2.45) is 0 Å². The maximum atomic E-state index is 13.3. The van der Waals surface area contributed by atoms with E-state index in [0.717, 1.165) is 11.5 Å². The zero-order valence-corrected chi connectivity index (χ0v) is 9.66. The largest absolute Gasteiger partial charge is 0.342 e. The van der Waals surface area contributed by atoms with Gasteiger partial charge in [0.2, 0.25) is 0 Å². The van der Waals surface area contributed by atoms with E-state index in [1.165, 1.54) is 12.1 Å². The fourth-order valence-corrected chi connectivity index (χ4v) is 1.59. The first-order valence-corrected chi connectivity index (χ1v) is 5.36. The van der Waals surface area contributed by atoms with E-state index in [-0.39, 0.29) is 5.92 Å². The average molecular weight is 229 g/mol. The Kier molecular flexibility index (Phi) is 2.92. The molecule has 17 heavy (non-hydrogen) atoms. The van der Waals surface area contributed by atoms with Gasteiger partial charge < -0.3 is 4.98 Å². The highest BCUT2D eigenvalue weighted by atomic mass is 19.1. The lowest BCUT2D eigenvalue weighted by molar-refractivity contribution is 0.628. The Bertz CT molecular complexity index is 579. The van der Waals surface area contributed by atoms with Gasteiger partial charge in [-0.25, -0.2) is 9.37 Å². The molecule has 0 radical (unpaired) electrons. The molecule has 1 aromatic carbocycles. The van der Waals surface area contributed by atoms with E-state index in [2.05, 4.69) is 9.97 Å². The molecule has 0 bridgehead atoms. The van der Waals surface area contributed by atoms with Crippen LogP contribution in [0.3, 0.4) is 0 Å². The van der Waals surface area contributed by atoms with E-state index in [1.807, 2.05) is 19.9 Å². The van der Waals surface area contributed by atoms with E-state index in [1.54, 1.807) is 12.3 Å². The number of aromatic nitrogens is 2. The van der Waals surface area contributed by atoms with Crippen LogP contribution in [0.5, 0.6) is 0 Å². The summed E-state index contributed by atoms with van der Waals surface area (Å²) in [7, 11) is 0. The summed E-state index contributed by atoms with van der Waals surface area (Å²) in [5.74, 6) is 0.718. The fraction of sp³-hybridized carbons (Fsp3) is 0.231. The maximum Gasteiger partial charge on any atom is 0.125 e. The Morgan fingerprint density at radius 2 is 2.12 bits per heavy atom. The number of nitriles is 1. The summed E-state index contributed by atoms with van der Waals surface area (Å²) in [5, 5.41) is 8.78. The summed E-state index contributed by atoms with van der Waals surface area (Å²) < 4.78 is 13.3. The standard InChI is InChI=1S/C13H12FN3/c1-8(2)13-16-7-12(17-13)10-3-9(6-15)4-11(14)5-10/h3-5,7-8H,1-2H3,(H,16,17). The molecule has 0 unspecified atom stereocenters. The number of hydrogen-bond donors (Lipinski definition) is 1. The quantitative estimate of drug-likeness (QED) is 0.859. The van der Waals surface area contributed by atoms with Gasteiger partial charge >= 0.3 is 0 Å². The summed E-state index contributed by atoms with van der Waals surface area (Å²) in [5.41, 5.74) is 1.67. The highest BCUT2D eigenvalue weighted by Crippen LogP contribution is 2.22. The molecule has 0 spiro atoms. The molecule has 0 fully saturated rings. The molecule has 86 valence electrons. The number of nitrogens with zero attached hydrogens (tertiary/aromatic N) is 2. The van der Waals surface area contributed by atoms with Crippen LogP contribution < -0.4 is 0 Å². The summed E-state index contributed by atoms with van der Waals surface area (Å²) >= 11 is 0. The molecule has 2 aromatic rings. The highest BCUT2D eigenvalue weighted by molar-refractivity contribution is 5.61. The van der Waals surface area contributed by atoms with Crippen LogP contribution in [0.15, 0.2) is 24.4 Å². The van der Waals surface area contributed by atoms with Crippen molar-refractivity contribution in [3.05, 3.63) is 41.6 Å². The van der Waals surface area contributed by atoms with Crippen molar-refractivity contribution >= 4 is 0 Å². The predicted octanol–water partition coefficient (Wildman–Crippen LogP) is 3.21. The SMILES string of the molecule is CC(C)c1ncc(-c2cc(F)cc(C#N)c2)[nH]1. The van der Waals surface area contributed by atoms with Crippen molar-refractivity contribution in [1.29, 1.82) is 5.26 Å². The first-order chi connectivity index (χ1) is 8.10. The van der Waals surface area contributed by atoms with E-state index in [9.17, 15) is 4.39 Å². The van der Waals surface area contributed by atoms with Crippen LogP contribution >= 0.6 is 0 Å². The summed E-state index contributed by atoms with van der Waals surface area (Å²) in [4.78, 5) is 7.34. The van der Waals surface area contributed by atoms with Gasteiger partial charge in [-0.05, 0) is 18.2 Å². The lowest BCUT2D eigenvalue weighted by atomic mass is 10.1. The van der Waals surface area contributed by atoms with Gasteiger partial charge in [0.1, 0.15) is 11.6 Å². The van der Waals surface area contributed by atoms with Gasteiger partial charge in [-0.3, -0.25) is 0 Å². The molecule has 1 aromatic heterocycles. The Morgan fingerprint density at radius 1 is 1.35 bits per heavy atom. The number of imidazole rings is 1. The molecular weight excluding hydrogens is 217 g/mol. The van der Waals surface area contributed by atoms with Crippen molar-refractivity contribution in [2.45, 2.75) is 19.8 Å². The van der Waals surface area contributed by atoms with Crippen LogP contribution in [-0.2, 0) is 0 Å². The smallest absolute Gasteiger partial charge is 0.125 e. The van der Waals surface area contributed by atoms with Crippen LogP contribution in [0, 0.1) is 17.1 Å². The molecule has 3 nitrogen and oxygen atoms in total. The van der Waals surface area contributed by atoms with E-state index in [4.69, 9.17) is 5.26 Å². The van der Waals surface area contributed by atoms with Crippen LogP contribution in [0.2, 0.25) is 0 Å². The van der Waals surface area contributed by atoms with Crippen LogP contribution in [0.4, 0.5) is 4.39 Å². The van der Waals surface area contributed by atoms with E-state index in [0.29, 0.717) is 11.1 Å². The number of benzene rings is 1. The monoisotopic (exact) mass is 229 g/mol. The predicted molar refractivity (Wildman–Crippen MR) is 62.8 cm³/mol. The number of H-pyrrole nitrogens is 1. The Labute approximate surface area is 98.9 Å². The zero-order valence-electron chi connectivity index (χ0n) is 9.66. The molecule has 4 heteroatoms. The third-order valence-electron chi connectivity index (χ3n) is 2.48. The van der Waals surface area contributed by atoms with Gasteiger partial charge in [0.25, 0.3) is 0 Å². The van der Waals surface area contributed by atoms with Gasteiger partial charge in [0.15, 0.2) is 0 Å². The van der Waals surface area contributed by atoms with Gasteiger partial charge in [-0.15, -0.1) is 0 Å². The molecule has 0 atom stereocenters. The van der Waals surface area contributed by atoms with Crippen LogP contribution in [-0.4, -0.2) is 9.97 Å². The number of aromatic amines is 1. The van der Waals surface area contributed by atoms with Crippen LogP contribution in [0.25, 0.3) is 11.3 Å². The van der Waals surface area contributed by atoms with E-state index < -0.39 is 5.82 Å². The van der Waals surface area contributed by atoms with Crippen molar-refractivity contribution in [3.63, 3.8) is 0 Å². The molecular formula is C13H12FN3. The van der Waals surface area contributed by atoms with Gasteiger partial charge in [-0.2, -0.15) is 5.26 Å². The van der Waals surface area contributed by atoms with Gasteiger partial charge in [-0.1, -0.05) is 13.8 Å². The molecule has 0 saturated carbocycles. The first-order valence-electron chi connectivity index (χ1n) is 5.36. The topological polar surface area (TPSA) is 52.5 Å². The third kappa shape index (κ3) is 2.34. The minimum atomic E-state index is -0.417. The number of hydrogen-bond acceptors (Lipinski definition) is 2. The molecule has 0 aliphatic heterocycles. The molecule has 1 heterocycles. The molecule has 1 N–H and O–H groups in total. The summed E-state index contributed by atoms with van der Waals surface area (Å²) in [6.07, 6.45) is 1.66. The average Bonchev–Trinajstić information content (AvgIpc) is 2.77. The zero-order chi connectivity index (χ0) is 12.4. The van der Waals surface area contributed by atoms with Gasteiger partial charge in [0.05, 0.1) is 23.5 Å². The number of rotatable bonds is 2. The van der Waals surface area contributed by atoms with Crippen molar-refractivity contribution in [2.75, 3.05) is 0 Å². The second-order valence-electron chi connectivity index (χ2n) is 4.18. The molecule has 0 amide bonds. The minimum absolute atomic E-state index is 0.285. The molecule has 0 aliphatic carbocycles. The molecule has 2 rings (SSSR count). The van der Waals surface area contributed by atoms with Crippen molar-refractivity contribution in [3.8, 4) is 17.3 Å². The maximum absolute atomic E-state index is 13.3. The van der Waals surface area contributed by atoms with Crippen molar-refractivity contribution in [1.82, 2.24) is 9.97 Å².